The average Bonchev–Trinajstić information content (AvgIpc) is 2.55. The third kappa shape index (κ3) is 1.88. The van der Waals surface area contributed by atoms with E-state index in [9.17, 15) is 9.90 Å². The van der Waals surface area contributed by atoms with Crippen LogP contribution in [0.3, 0.4) is 0 Å². The van der Waals surface area contributed by atoms with Gasteiger partial charge >= 0.3 is 5.97 Å². The fourth-order valence-corrected chi connectivity index (χ4v) is 2.02. The maximum Gasteiger partial charge on any atom is 0.336 e. The topological polar surface area (TPSA) is 68.0 Å². The number of pyridine rings is 1. The highest BCUT2D eigenvalue weighted by Gasteiger charge is 2.17. The number of aromatic carboxylic acids is 1. The Labute approximate surface area is 99.1 Å². The lowest BCUT2D eigenvalue weighted by Gasteiger charge is -2.02. The zero-order valence-corrected chi connectivity index (χ0v) is 10.2. The van der Waals surface area contributed by atoms with Crippen molar-refractivity contribution in [3.05, 3.63) is 23.0 Å². The molecule has 17 heavy (non-hydrogen) atoms. The van der Waals surface area contributed by atoms with Crippen molar-refractivity contribution in [3.63, 3.8) is 0 Å². The molecule has 0 aromatic carbocycles. The van der Waals surface area contributed by atoms with Crippen molar-refractivity contribution in [1.29, 1.82) is 0 Å². The number of carbonyl (C=O) groups is 1. The molecule has 0 fully saturated rings. The van der Waals surface area contributed by atoms with Crippen LogP contribution in [0.1, 0.15) is 35.1 Å². The summed E-state index contributed by atoms with van der Waals surface area (Å²) >= 11 is 0. The van der Waals surface area contributed by atoms with Gasteiger partial charge in [0.1, 0.15) is 0 Å². The fourth-order valence-electron chi connectivity index (χ4n) is 2.02. The first kappa shape index (κ1) is 11.6. The van der Waals surface area contributed by atoms with Gasteiger partial charge in [0, 0.05) is 12.2 Å². The van der Waals surface area contributed by atoms with Gasteiger partial charge in [0.2, 0.25) is 0 Å². The summed E-state index contributed by atoms with van der Waals surface area (Å²) in [4.78, 5) is 15.6. The molecule has 0 spiro atoms. The van der Waals surface area contributed by atoms with Gasteiger partial charge in [-0.3, -0.25) is 0 Å². The monoisotopic (exact) mass is 233 g/mol. The Balaban J connectivity index is 2.80. The summed E-state index contributed by atoms with van der Waals surface area (Å²) in [6.45, 7) is 6.42. The fraction of sp³-hybridized carbons (Fsp3) is 0.417. The van der Waals surface area contributed by atoms with Gasteiger partial charge in [-0.1, -0.05) is 6.92 Å². The van der Waals surface area contributed by atoms with E-state index in [4.69, 9.17) is 0 Å². The first-order chi connectivity index (χ1) is 8.04. The van der Waals surface area contributed by atoms with E-state index < -0.39 is 5.97 Å². The molecule has 0 unspecified atom stereocenters. The van der Waals surface area contributed by atoms with Gasteiger partial charge in [-0.2, -0.15) is 5.10 Å². The van der Waals surface area contributed by atoms with Crippen LogP contribution in [-0.2, 0) is 6.54 Å². The highest BCUT2D eigenvalue weighted by atomic mass is 16.4. The second kappa shape index (κ2) is 4.16. The largest absolute Gasteiger partial charge is 0.478 e. The number of hydrogen-bond donors (Lipinski definition) is 1. The molecule has 5 heteroatoms. The quantitative estimate of drug-likeness (QED) is 0.882. The SMILES string of the molecule is CCCn1nc(C)c2c(C(=O)O)cc(C)nc21. The molecule has 0 atom stereocenters. The number of aryl methyl sites for hydroxylation is 3. The maximum absolute atomic E-state index is 11.2. The standard InChI is InChI=1S/C12H15N3O2/c1-4-5-15-11-10(8(3)14-15)9(12(16)17)6-7(2)13-11/h6H,4-5H2,1-3H3,(H,16,17). The maximum atomic E-state index is 11.2. The smallest absolute Gasteiger partial charge is 0.336 e. The Kier molecular flexibility index (Phi) is 2.83. The number of hydrogen-bond acceptors (Lipinski definition) is 3. The van der Waals surface area contributed by atoms with Gasteiger partial charge in [-0.05, 0) is 26.3 Å². The van der Waals surface area contributed by atoms with Crippen LogP contribution in [0.25, 0.3) is 11.0 Å². The molecule has 5 nitrogen and oxygen atoms in total. The third-order valence-corrected chi connectivity index (χ3v) is 2.67. The van der Waals surface area contributed by atoms with E-state index in [1.165, 1.54) is 0 Å². The third-order valence-electron chi connectivity index (χ3n) is 2.67. The van der Waals surface area contributed by atoms with Crippen LogP contribution >= 0.6 is 0 Å². The molecule has 0 saturated carbocycles. The minimum Gasteiger partial charge on any atom is -0.478 e. The van der Waals surface area contributed by atoms with Crippen molar-refractivity contribution in [3.8, 4) is 0 Å². The lowest BCUT2D eigenvalue weighted by Crippen LogP contribution is -2.03. The van der Waals surface area contributed by atoms with E-state index in [0.717, 1.165) is 18.7 Å². The Morgan fingerprint density at radius 1 is 1.47 bits per heavy atom. The van der Waals surface area contributed by atoms with Crippen molar-refractivity contribution in [2.45, 2.75) is 33.7 Å². The van der Waals surface area contributed by atoms with E-state index in [1.807, 2.05) is 6.92 Å². The second-order valence-electron chi connectivity index (χ2n) is 4.12. The summed E-state index contributed by atoms with van der Waals surface area (Å²) in [5.41, 5.74) is 2.37. The number of nitrogens with zero attached hydrogens (tertiary/aromatic N) is 3. The van der Waals surface area contributed by atoms with Crippen molar-refractivity contribution < 1.29 is 9.90 Å². The molecule has 0 saturated heterocycles. The minimum atomic E-state index is -0.931. The number of carboxylic acid groups (broad SMARTS) is 1. The van der Waals surface area contributed by atoms with Gasteiger partial charge in [0.25, 0.3) is 0 Å². The molecule has 0 bridgehead atoms. The van der Waals surface area contributed by atoms with Crippen molar-refractivity contribution in [2.24, 2.45) is 0 Å². The van der Waals surface area contributed by atoms with Crippen molar-refractivity contribution in [1.82, 2.24) is 14.8 Å². The summed E-state index contributed by atoms with van der Waals surface area (Å²) in [5.74, 6) is -0.931. The molecule has 0 aliphatic heterocycles. The Morgan fingerprint density at radius 2 is 2.18 bits per heavy atom. The highest BCUT2D eigenvalue weighted by Crippen LogP contribution is 2.22. The van der Waals surface area contributed by atoms with Gasteiger partial charge in [-0.15, -0.1) is 0 Å². The molecule has 1 N–H and O–H groups in total. The normalized spacial score (nSPS) is 11.0. The van der Waals surface area contributed by atoms with E-state index >= 15 is 0 Å². The number of rotatable bonds is 3. The molecular weight excluding hydrogens is 218 g/mol. The predicted molar refractivity (Wildman–Crippen MR) is 64.3 cm³/mol. The predicted octanol–water partition coefficient (Wildman–Crippen LogP) is 2.16. The Bertz CT molecular complexity index is 587. The first-order valence-electron chi connectivity index (χ1n) is 5.62. The number of carboxylic acids is 1. The molecule has 0 aliphatic carbocycles. The van der Waals surface area contributed by atoms with Crippen LogP contribution in [0.4, 0.5) is 0 Å². The van der Waals surface area contributed by atoms with Crippen molar-refractivity contribution in [2.75, 3.05) is 0 Å². The second-order valence-corrected chi connectivity index (χ2v) is 4.12. The summed E-state index contributed by atoms with van der Waals surface area (Å²) in [6.07, 6.45) is 0.939. The zero-order chi connectivity index (χ0) is 12.6. The van der Waals surface area contributed by atoms with Crippen LogP contribution in [-0.4, -0.2) is 25.8 Å². The average molecular weight is 233 g/mol. The lowest BCUT2D eigenvalue weighted by atomic mass is 10.1. The van der Waals surface area contributed by atoms with Gasteiger partial charge < -0.3 is 5.11 Å². The molecule has 90 valence electrons. The van der Waals surface area contributed by atoms with E-state index in [-0.39, 0.29) is 5.56 Å². The van der Waals surface area contributed by atoms with Crippen LogP contribution in [0.15, 0.2) is 6.07 Å². The van der Waals surface area contributed by atoms with Crippen LogP contribution in [0.5, 0.6) is 0 Å². The van der Waals surface area contributed by atoms with E-state index in [1.54, 1.807) is 17.7 Å². The molecule has 2 heterocycles. The number of fused-ring (bicyclic) bond motifs is 1. The molecule has 2 aromatic rings. The number of aromatic nitrogens is 3. The summed E-state index contributed by atoms with van der Waals surface area (Å²) in [6, 6.07) is 1.59. The summed E-state index contributed by atoms with van der Waals surface area (Å²) < 4.78 is 1.78. The first-order valence-corrected chi connectivity index (χ1v) is 5.62. The molecule has 0 aliphatic rings. The van der Waals surface area contributed by atoms with Crippen LogP contribution in [0, 0.1) is 13.8 Å². The molecule has 0 radical (unpaired) electrons. The van der Waals surface area contributed by atoms with Gasteiger partial charge in [0.15, 0.2) is 5.65 Å². The van der Waals surface area contributed by atoms with E-state index in [2.05, 4.69) is 17.0 Å². The van der Waals surface area contributed by atoms with Gasteiger partial charge in [-0.25, -0.2) is 14.5 Å². The lowest BCUT2D eigenvalue weighted by molar-refractivity contribution is 0.0699. The Morgan fingerprint density at radius 3 is 2.76 bits per heavy atom. The summed E-state index contributed by atoms with van der Waals surface area (Å²) in [7, 11) is 0. The van der Waals surface area contributed by atoms with Gasteiger partial charge in [0.05, 0.1) is 16.6 Å². The highest BCUT2D eigenvalue weighted by molar-refractivity contribution is 6.02. The minimum absolute atomic E-state index is 0.285. The molecule has 0 amide bonds. The molecule has 2 rings (SSSR count). The van der Waals surface area contributed by atoms with Crippen LogP contribution in [0.2, 0.25) is 0 Å². The zero-order valence-electron chi connectivity index (χ0n) is 10.2. The molecule has 2 aromatic heterocycles. The van der Waals surface area contributed by atoms with Crippen LogP contribution < -0.4 is 0 Å². The molecular formula is C12H15N3O2. The Hall–Kier alpha value is -1.91. The van der Waals surface area contributed by atoms with Crippen molar-refractivity contribution >= 4 is 17.0 Å². The van der Waals surface area contributed by atoms with E-state index in [0.29, 0.717) is 16.7 Å². The summed E-state index contributed by atoms with van der Waals surface area (Å²) in [5, 5.41) is 14.2.